The molecule has 6 nitrogen and oxygen atoms in total. The SMILES string of the molecule is CCCOc1cccc(N2C(=O)C(=O)/C(=C(/O)c3ccc(Cl)cc3)C2c2ccccc2OC)c1. The Morgan fingerprint density at radius 2 is 1.76 bits per heavy atom. The molecule has 1 aliphatic heterocycles. The number of para-hydroxylation sites is 1. The molecule has 1 unspecified atom stereocenters. The predicted octanol–water partition coefficient (Wildman–Crippen LogP) is 5.76. The van der Waals surface area contributed by atoms with Gasteiger partial charge in [-0.1, -0.05) is 42.8 Å². The molecule has 0 aromatic heterocycles. The van der Waals surface area contributed by atoms with Gasteiger partial charge in [0, 0.05) is 27.9 Å². The number of aliphatic hydroxyl groups excluding tert-OH is 1. The van der Waals surface area contributed by atoms with Gasteiger partial charge in [0.1, 0.15) is 17.3 Å². The van der Waals surface area contributed by atoms with Crippen LogP contribution in [0.15, 0.2) is 78.4 Å². The number of ketones is 1. The fourth-order valence-electron chi connectivity index (χ4n) is 3.99. The number of aliphatic hydroxyl groups is 1. The van der Waals surface area contributed by atoms with Crippen LogP contribution in [0.3, 0.4) is 0 Å². The molecule has 1 atom stereocenters. The van der Waals surface area contributed by atoms with Gasteiger partial charge in [0.15, 0.2) is 0 Å². The summed E-state index contributed by atoms with van der Waals surface area (Å²) in [4.78, 5) is 28.0. The number of amides is 1. The normalized spacial score (nSPS) is 17.1. The van der Waals surface area contributed by atoms with E-state index in [0.29, 0.717) is 39.9 Å². The van der Waals surface area contributed by atoms with Crippen LogP contribution in [-0.2, 0) is 9.59 Å². The van der Waals surface area contributed by atoms with Gasteiger partial charge in [-0.05, 0) is 48.9 Å². The van der Waals surface area contributed by atoms with Gasteiger partial charge in [-0.25, -0.2) is 0 Å². The highest BCUT2D eigenvalue weighted by atomic mass is 35.5. The van der Waals surface area contributed by atoms with Gasteiger partial charge in [0.25, 0.3) is 11.7 Å². The lowest BCUT2D eigenvalue weighted by atomic mass is 9.94. The number of nitrogens with zero attached hydrogens (tertiary/aromatic N) is 1. The van der Waals surface area contributed by atoms with Crippen LogP contribution in [0.1, 0.15) is 30.5 Å². The zero-order valence-corrected chi connectivity index (χ0v) is 19.6. The molecule has 1 heterocycles. The summed E-state index contributed by atoms with van der Waals surface area (Å²) in [6, 6.07) is 19.6. The first-order valence-corrected chi connectivity index (χ1v) is 11.3. The third kappa shape index (κ3) is 4.37. The Morgan fingerprint density at radius 3 is 2.47 bits per heavy atom. The van der Waals surface area contributed by atoms with Crippen LogP contribution in [0, 0.1) is 0 Å². The number of hydrogen-bond acceptors (Lipinski definition) is 5. The molecule has 0 bridgehead atoms. The van der Waals surface area contributed by atoms with E-state index in [1.54, 1.807) is 72.8 Å². The molecule has 0 spiro atoms. The highest BCUT2D eigenvalue weighted by molar-refractivity contribution is 6.51. The van der Waals surface area contributed by atoms with Crippen LogP contribution in [0.25, 0.3) is 5.76 Å². The molecular weight excluding hydrogens is 454 g/mol. The van der Waals surface area contributed by atoms with Crippen LogP contribution in [-0.4, -0.2) is 30.5 Å². The van der Waals surface area contributed by atoms with E-state index < -0.39 is 17.7 Å². The topological polar surface area (TPSA) is 76.1 Å². The Balaban J connectivity index is 1.92. The molecule has 1 N–H and O–H groups in total. The highest BCUT2D eigenvalue weighted by Crippen LogP contribution is 2.45. The molecule has 174 valence electrons. The van der Waals surface area contributed by atoms with Crippen molar-refractivity contribution in [3.05, 3.63) is 94.5 Å². The lowest BCUT2D eigenvalue weighted by Gasteiger charge is -2.27. The van der Waals surface area contributed by atoms with Crippen molar-refractivity contribution >= 4 is 34.7 Å². The van der Waals surface area contributed by atoms with Crippen LogP contribution in [0.4, 0.5) is 5.69 Å². The number of rotatable bonds is 7. The molecular formula is C27H24ClNO5. The number of carbonyl (C=O) groups is 2. The van der Waals surface area contributed by atoms with Crippen LogP contribution >= 0.6 is 11.6 Å². The van der Waals surface area contributed by atoms with Crippen molar-refractivity contribution in [2.24, 2.45) is 0 Å². The molecule has 7 heteroatoms. The Kier molecular flexibility index (Phi) is 6.89. The van der Waals surface area contributed by atoms with Crippen LogP contribution in [0.2, 0.25) is 5.02 Å². The summed E-state index contributed by atoms with van der Waals surface area (Å²) in [5.41, 5.74) is 1.39. The van der Waals surface area contributed by atoms with Crippen molar-refractivity contribution < 1.29 is 24.2 Å². The number of ether oxygens (including phenoxy) is 2. The van der Waals surface area contributed by atoms with Gasteiger partial charge in [-0.2, -0.15) is 0 Å². The monoisotopic (exact) mass is 477 g/mol. The van der Waals surface area contributed by atoms with E-state index >= 15 is 0 Å². The molecule has 1 saturated heterocycles. The lowest BCUT2D eigenvalue weighted by molar-refractivity contribution is -0.132. The lowest BCUT2D eigenvalue weighted by Crippen LogP contribution is -2.29. The number of hydrogen-bond donors (Lipinski definition) is 1. The predicted molar refractivity (Wildman–Crippen MR) is 131 cm³/mol. The average Bonchev–Trinajstić information content (AvgIpc) is 3.13. The van der Waals surface area contributed by atoms with E-state index in [1.807, 2.05) is 6.92 Å². The van der Waals surface area contributed by atoms with E-state index in [4.69, 9.17) is 21.1 Å². The number of benzene rings is 3. The van der Waals surface area contributed by atoms with Crippen LogP contribution < -0.4 is 14.4 Å². The van der Waals surface area contributed by atoms with Crippen molar-refractivity contribution in [2.75, 3.05) is 18.6 Å². The molecule has 0 saturated carbocycles. The smallest absolute Gasteiger partial charge is 0.300 e. The molecule has 4 rings (SSSR count). The first-order valence-electron chi connectivity index (χ1n) is 10.9. The highest BCUT2D eigenvalue weighted by Gasteiger charge is 2.48. The Morgan fingerprint density at radius 1 is 1.03 bits per heavy atom. The second-order valence-corrected chi connectivity index (χ2v) is 8.20. The third-order valence-corrected chi connectivity index (χ3v) is 5.82. The Hall–Kier alpha value is -3.77. The minimum absolute atomic E-state index is 0.0308. The van der Waals surface area contributed by atoms with E-state index in [9.17, 15) is 14.7 Å². The summed E-state index contributed by atoms with van der Waals surface area (Å²) in [6.07, 6.45) is 0.830. The first-order chi connectivity index (χ1) is 16.5. The van der Waals surface area contributed by atoms with Gasteiger partial charge in [-0.15, -0.1) is 0 Å². The number of anilines is 1. The molecule has 3 aromatic rings. The minimum atomic E-state index is -0.909. The second-order valence-electron chi connectivity index (χ2n) is 7.76. The summed E-state index contributed by atoms with van der Waals surface area (Å²) in [6.45, 7) is 2.52. The average molecular weight is 478 g/mol. The Bertz CT molecular complexity index is 1250. The van der Waals surface area contributed by atoms with Crippen molar-refractivity contribution in [2.45, 2.75) is 19.4 Å². The summed E-state index contributed by atoms with van der Waals surface area (Å²) >= 11 is 5.99. The molecule has 0 aliphatic carbocycles. The zero-order valence-electron chi connectivity index (χ0n) is 18.8. The third-order valence-electron chi connectivity index (χ3n) is 5.56. The summed E-state index contributed by atoms with van der Waals surface area (Å²) < 4.78 is 11.3. The molecule has 34 heavy (non-hydrogen) atoms. The minimum Gasteiger partial charge on any atom is -0.507 e. The van der Waals surface area contributed by atoms with E-state index in [1.165, 1.54) is 12.0 Å². The maximum absolute atomic E-state index is 13.3. The Labute approximate surface area is 203 Å². The molecule has 3 aromatic carbocycles. The maximum atomic E-state index is 13.3. The summed E-state index contributed by atoms with van der Waals surface area (Å²) in [7, 11) is 1.52. The summed E-state index contributed by atoms with van der Waals surface area (Å²) in [5, 5.41) is 11.7. The van der Waals surface area contributed by atoms with Gasteiger partial charge in [0.2, 0.25) is 0 Å². The van der Waals surface area contributed by atoms with Crippen molar-refractivity contribution in [1.82, 2.24) is 0 Å². The van der Waals surface area contributed by atoms with E-state index in [2.05, 4.69) is 0 Å². The first kappa shape index (κ1) is 23.4. The fraction of sp³-hybridized carbons (Fsp3) is 0.185. The van der Waals surface area contributed by atoms with Gasteiger partial charge in [0.05, 0.1) is 25.3 Å². The van der Waals surface area contributed by atoms with Gasteiger partial charge in [-0.3, -0.25) is 14.5 Å². The largest absolute Gasteiger partial charge is 0.507 e. The fourth-order valence-corrected chi connectivity index (χ4v) is 4.12. The van der Waals surface area contributed by atoms with Crippen molar-refractivity contribution in [3.8, 4) is 11.5 Å². The molecule has 1 aliphatic rings. The second kappa shape index (κ2) is 10.0. The molecule has 1 amide bonds. The standard InChI is InChI=1S/C27H24ClNO5/c1-3-15-34-20-8-6-7-19(16-20)29-24(21-9-4-5-10-22(21)33-2)23(26(31)27(29)32)25(30)17-11-13-18(28)14-12-17/h4-14,16,24,30H,3,15H2,1-2H3/b25-23+. The number of halogens is 1. The quantitative estimate of drug-likeness (QED) is 0.266. The van der Waals surface area contributed by atoms with Gasteiger partial charge < -0.3 is 14.6 Å². The molecule has 1 fully saturated rings. The van der Waals surface area contributed by atoms with Gasteiger partial charge >= 0.3 is 0 Å². The number of carbonyl (C=O) groups excluding carboxylic acids is 2. The van der Waals surface area contributed by atoms with Crippen LogP contribution in [0.5, 0.6) is 11.5 Å². The summed E-state index contributed by atoms with van der Waals surface area (Å²) in [5.74, 6) is -0.758. The van der Waals surface area contributed by atoms with E-state index in [0.717, 1.165) is 6.42 Å². The number of methoxy groups -OCH3 is 1. The van der Waals surface area contributed by atoms with E-state index in [-0.39, 0.29) is 11.3 Å². The maximum Gasteiger partial charge on any atom is 0.300 e. The van der Waals surface area contributed by atoms with Crippen molar-refractivity contribution in [3.63, 3.8) is 0 Å². The van der Waals surface area contributed by atoms with Crippen molar-refractivity contribution in [1.29, 1.82) is 0 Å². The number of Topliss-reactive ketones (excluding diaryl/α,β-unsaturated/α-hetero) is 1. The zero-order chi connectivity index (χ0) is 24.2. The molecule has 0 radical (unpaired) electrons.